The lowest BCUT2D eigenvalue weighted by atomic mass is 9.96. The van der Waals surface area contributed by atoms with Gasteiger partial charge in [0.1, 0.15) is 6.17 Å². The standard InChI is InChI=1S/C25H26FN7/c1-31-14-19(12-29-31)16-4-3-5-17(8-16)25-27-10-18(11-28-25)20-13-30-33(15-20)23-9-21-6-7-22(24(23)26)32(21)2/h3-5,8,10-15,21-24H,6-7,9H2,1-2H3/t21-,22+,23-,24?/m0/s1. The van der Waals surface area contributed by atoms with Gasteiger partial charge < -0.3 is 0 Å². The number of nitrogens with zero attached hydrogens (tertiary/aromatic N) is 7. The van der Waals surface area contributed by atoms with E-state index < -0.39 is 6.17 Å². The first-order valence-electron chi connectivity index (χ1n) is 11.4. The van der Waals surface area contributed by atoms with Crippen LogP contribution in [0, 0.1) is 0 Å². The largest absolute Gasteiger partial charge is 0.297 e. The summed E-state index contributed by atoms with van der Waals surface area (Å²) in [5.41, 5.74) is 4.85. The normalized spacial score (nSPS) is 24.9. The topological polar surface area (TPSA) is 64.7 Å². The smallest absolute Gasteiger partial charge is 0.159 e. The van der Waals surface area contributed by atoms with Crippen LogP contribution in [0.15, 0.2) is 61.4 Å². The van der Waals surface area contributed by atoms with Crippen molar-refractivity contribution in [3.8, 4) is 33.6 Å². The fourth-order valence-electron chi connectivity index (χ4n) is 5.33. The van der Waals surface area contributed by atoms with E-state index in [2.05, 4.69) is 37.2 Å². The quantitative estimate of drug-likeness (QED) is 0.474. The average Bonchev–Trinajstić information content (AvgIpc) is 3.55. The first-order chi connectivity index (χ1) is 16.1. The van der Waals surface area contributed by atoms with Gasteiger partial charge in [0, 0.05) is 66.2 Å². The summed E-state index contributed by atoms with van der Waals surface area (Å²) in [4.78, 5) is 11.4. The van der Waals surface area contributed by atoms with Crippen LogP contribution >= 0.6 is 0 Å². The molecular formula is C25H26FN7. The summed E-state index contributed by atoms with van der Waals surface area (Å²) < 4.78 is 18.7. The molecule has 8 heteroatoms. The highest BCUT2D eigenvalue weighted by Gasteiger charge is 2.46. The number of rotatable bonds is 4. The average molecular weight is 444 g/mol. The van der Waals surface area contributed by atoms with Crippen molar-refractivity contribution in [2.24, 2.45) is 7.05 Å². The molecule has 0 radical (unpaired) electrons. The van der Waals surface area contributed by atoms with Crippen molar-refractivity contribution in [3.05, 3.63) is 61.4 Å². The van der Waals surface area contributed by atoms with Crippen molar-refractivity contribution in [2.75, 3.05) is 7.05 Å². The molecule has 5 heterocycles. The Balaban J connectivity index is 1.23. The molecule has 33 heavy (non-hydrogen) atoms. The molecule has 0 amide bonds. The lowest BCUT2D eigenvalue weighted by molar-refractivity contribution is 0.0402. The van der Waals surface area contributed by atoms with E-state index in [0.29, 0.717) is 11.9 Å². The van der Waals surface area contributed by atoms with Crippen LogP contribution < -0.4 is 0 Å². The Morgan fingerprint density at radius 1 is 0.818 bits per heavy atom. The molecule has 2 aliphatic heterocycles. The molecule has 1 unspecified atom stereocenters. The predicted octanol–water partition coefficient (Wildman–Crippen LogP) is 4.15. The van der Waals surface area contributed by atoms with E-state index in [-0.39, 0.29) is 12.1 Å². The van der Waals surface area contributed by atoms with E-state index in [1.165, 1.54) is 0 Å². The minimum absolute atomic E-state index is 0.00597. The molecule has 0 saturated carbocycles. The Morgan fingerprint density at radius 2 is 1.58 bits per heavy atom. The first kappa shape index (κ1) is 20.2. The van der Waals surface area contributed by atoms with Crippen molar-refractivity contribution in [3.63, 3.8) is 0 Å². The van der Waals surface area contributed by atoms with Crippen LogP contribution in [0.25, 0.3) is 33.6 Å². The van der Waals surface area contributed by atoms with E-state index in [9.17, 15) is 0 Å². The minimum Gasteiger partial charge on any atom is -0.297 e. The Bertz CT molecular complexity index is 1280. The number of fused-ring (bicyclic) bond motifs is 2. The molecule has 4 aromatic rings. The first-order valence-corrected chi connectivity index (χ1v) is 11.4. The zero-order chi connectivity index (χ0) is 22.5. The SMILES string of the molecule is CN1[C@H]2CC[C@@H]1C(F)[C@@H](n1cc(-c3cnc(-c4cccc(-c5cnn(C)c5)c4)nc3)cn1)C2. The van der Waals surface area contributed by atoms with Gasteiger partial charge >= 0.3 is 0 Å². The highest BCUT2D eigenvalue weighted by atomic mass is 19.1. The summed E-state index contributed by atoms with van der Waals surface area (Å²) in [6.45, 7) is 0. The molecule has 2 fully saturated rings. The van der Waals surface area contributed by atoms with Gasteiger partial charge in [-0.1, -0.05) is 18.2 Å². The summed E-state index contributed by atoms with van der Waals surface area (Å²) in [5.74, 6) is 0.660. The zero-order valence-electron chi connectivity index (χ0n) is 18.7. The van der Waals surface area contributed by atoms with Gasteiger partial charge in [0.25, 0.3) is 0 Å². The van der Waals surface area contributed by atoms with Gasteiger partial charge in [0.15, 0.2) is 5.82 Å². The van der Waals surface area contributed by atoms with Crippen molar-refractivity contribution in [2.45, 2.75) is 43.6 Å². The maximum atomic E-state index is 15.2. The maximum Gasteiger partial charge on any atom is 0.159 e. The van der Waals surface area contributed by atoms with E-state index in [4.69, 9.17) is 0 Å². The van der Waals surface area contributed by atoms with Gasteiger partial charge in [0.05, 0.1) is 18.4 Å². The van der Waals surface area contributed by atoms with Crippen LogP contribution in [-0.4, -0.2) is 59.7 Å². The molecule has 7 nitrogen and oxygen atoms in total. The second-order valence-corrected chi connectivity index (χ2v) is 9.20. The number of benzene rings is 1. The number of hydrogen-bond acceptors (Lipinski definition) is 5. The molecule has 4 atom stereocenters. The summed E-state index contributed by atoms with van der Waals surface area (Å²) >= 11 is 0. The van der Waals surface area contributed by atoms with Crippen molar-refractivity contribution in [1.29, 1.82) is 0 Å². The molecule has 2 saturated heterocycles. The van der Waals surface area contributed by atoms with E-state index in [0.717, 1.165) is 47.1 Å². The van der Waals surface area contributed by atoms with Gasteiger partial charge in [-0.25, -0.2) is 14.4 Å². The Labute approximate surface area is 191 Å². The molecule has 168 valence electrons. The zero-order valence-corrected chi connectivity index (χ0v) is 18.7. The van der Waals surface area contributed by atoms with Crippen LogP contribution in [0.1, 0.15) is 25.3 Å². The summed E-state index contributed by atoms with van der Waals surface area (Å²) in [6.07, 6.45) is 13.1. The third-order valence-corrected chi connectivity index (χ3v) is 7.23. The van der Waals surface area contributed by atoms with Gasteiger partial charge in [-0.05, 0) is 37.9 Å². The number of aromatic nitrogens is 6. The molecule has 0 spiro atoms. The third-order valence-electron chi connectivity index (χ3n) is 7.23. The molecule has 2 aliphatic rings. The molecule has 0 aliphatic carbocycles. The highest BCUT2D eigenvalue weighted by Crippen LogP contribution is 2.41. The van der Waals surface area contributed by atoms with Gasteiger partial charge in [-0.3, -0.25) is 14.3 Å². The van der Waals surface area contributed by atoms with E-state index in [1.54, 1.807) is 10.9 Å². The number of hydrogen-bond donors (Lipinski definition) is 0. The van der Waals surface area contributed by atoms with Crippen LogP contribution in [-0.2, 0) is 7.05 Å². The molecular weight excluding hydrogens is 417 g/mol. The van der Waals surface area contributed by atoms with Crippen molar-refractivity contribution < 1.29 is 4.39 Å². The second kappa shape index (κ2) is 7.88. The van der Waals surface area contributed by atoms with Crippen molar-refractivity contribution >= 4 is 0 Å². The summed E-state index contributed by atoms with van der Waals surface area (Å²) in [6, 6.07) is 8.37. The molecule has 6 rings (SSSR count). The fourth-order valence-corrected chi connectivity index (χ4v) is 5.33. The van der Waals surface area contributed by atoms with Crippen molar-refractivity contribution in [1.82, 2.24) is 34.4 Å². The Kier molecular flexibility index (Phi) is 4.83. The van der Waals surface area contributed by atoms with E-state index >= 15 is 4.39 Å². The summed E-state index contributed by atoms with van der Waals surface area (Å²) in [5, 5.41) is 8.76. The Hall–Kier alpha value is -3.39. The number of alkyl halides is 1. The lowest BCUT2D eigenvalue weighted by Crippen LogP contribution is -2.48. The number of piperidine rings is 1. The highest BCUT2D eigenvalue weighted by molar-refractivity contribution is 5.70. The monoisotopic (exact) mass is 443 g/mol. The van der Waals surface area contributed by atoms with Crippen LogP contribution in [0.4, 0.5) is 4.39 Å². The molecule has 1 aromatic carbocycles. The predicted molar refractivity (Wildman–Crippen MR) is 124 cm³/mol. The molecule has 0 N–H and O–H groups in total. The third kappa shape index (κ3) is 3.54. The van der Waals surface area contributed by atoms with Crippen LogP contribution in [0.5, 0.6) is 0 Å². The summed E-state index contributed by atoms with van der Waals surface area (Å²) in [7, 11) is 3.95. The number of halogens is 1. The Morgan fingerprint density at radius 3 is 2.36 bits per heavy atom. The van der Waals surface area contributed by atoms with Gasteiger partial charge in [-0.15, -0.1) is 0 Å². The second-order valence-electron chi connectivity index (χ2n) is 9.20. The minimum atomic E-state index is -0.896. The lowest BCUT2D eigenvalue weighted by Gasteiger charge is -2.39. The maximum absolute atomic E-state index is 15.2. The van der Waals surface area contributed by atoms with Gasteiger partial charge in [0.2, 0.25) is 0 Å². The van der Waals surface area contributed by atoms with Crippen LogP contribution in [0.3, 0.4) is 0 Å². The molecule has 3 aromatic heterocycles. The number of aryl methyl sites for hydroxylation is 1. The fraction of sp³-hybridized carbons (Fsp3) is 0.360. The van der Waals surface area contributed by atoms with Gasteiger partial charge in [-0.2, -0.15) is 10.2 Å². The van der Waals surface area contributed by atoms with E-state index in [1.807, 2.05) is 61.9 Å². The van der Waals surface area contributed by atoms with Crippen LogP contribution in [0.2, 0.25) is 0 Å². The molecule has 2 bridgehead atoms.